The molecule has 132 valence electrons. The number of carboxylic acid groups (broad SMARTS) is 1. The van der Waals surface area contributed by atoms with E-state index < -0.39 is 11.5 Å². The number of rotatable bonds is 3. The van der Waals surface area contributed by atoms with Crippen molar-refractivity contribution >= 4 is 27.5 Å². The van der Waals surface area contributed by atoms with Crippen LogP contribution in [0.5, 0.6) is 0 Å². The summed E-state index contributed by atoms with van der Waals surface area (Å²) < 4.78 is 2.07. The van der Waals surface area contributed by atoms with Gasteiger partial charge in [-0.15, -0.1) is 0 Å². The minimum atomic E-state index is -1.26. The molecule has 0 amide bonds. The third kappa shape index (κ3) is 2.88. The molecule has 0 spiro atoms. The van der Waals surface area contributed by atoms with E-state index in [9.17, 15) is 9.59 Å². The van der Waals surface area contributed by atoms with Crippen LogP contribution in [-0.2, 0) is 6.54 Å². The molecule has 2 fully saturated rings. The summed E-state index contributed by atoms with van der Waals surface area (Å²) in [5.74, 6) is -0.553. The molecule has 1 N–H and O–H groups in total. The van der Waals surface area contributed by atoms with E-state index >= 15 is 0 Å². The van der Waals surface area contributed by atoms with E-state index in [0.29, 0.717) is 24.2 Å². The first kappa shape index (κ1) is 16.7. The predicted molar refractivity (Wildman–Crippen MR) is 95.9 cm³/mol. The SMILES string of the molecule is CN1CC2CCN(Cc3cc(Br)cn4c(=O)c(C(=O)O)cnc34)C2C1. The number of pyridine rings is 1. The molecular weight excluding hydrogens is 388 g/mol. The van der Waals surface area contributed by atoms with Gasteiger partial charge in [-0.25, -0.2) is 9.78 Å². The number of carbonyl (C=O) groups is 1. The maximum absolute atomic E-state index is 12.4. The van der Waals surface area contributed by atoms with Crippen LogP contribution in [0.25, 0.3) is 5.65 Å². The number of nitrogens with zero attached hydrogens (tertiary/aromatic N) is 4. The zero-order valence-electron chi connectivity index (χ0n) is 13.9. The molecule has 2 aliphatic heterocycles. The zero-order valence-corrected chi connectivity index (χ0v) is 15.4. The highest BCUT2D eigenvalue weighted by Crippen LogP contribution is 2.32. The minimum absolute atomic E-state index is 0.319. The fraction of sp³-hybridized carbons (Fsp3) is 0.471. The molecule has 7 nitrogen and oxygen atoms in total. The molecule has 0 aliphatic carbocycles. The smallest absolute Gasteiger partial charge is 0.342 e. The Balaban J connectivity index is 1.74. The first-order chi connectivity index (χ1) is 11.9. The van der Waals surface area contributed by atoms with Crippen LogP contribution in [0.1, 0.15) is 22.3 Å². The highest BCUT2D eigenvalue weighted by molar-refractivity contribution is 9.10. The van der Waals surface area contributed by atoms with Crippen LogP contribution in [0.3, 0.4) is 0 Å². The molecule has 4 heterocycles. The van der Waals surface area contributed by atoms with Gasteiger partial charge in [0.05, 0.1) is 0 Å². The summed E-state index contributed by atoms with van der Waals surface area (Å²) in [6.45, 7) is 3.95. The van der Waals surface area contributed by atoms with Crippen molar-refractivity contribution in [2.75, 3.05) is 26.7 Å². The van der Waals surface area contributed by atoms with Crippen molar-refractivity contribution < 1.29 is 9.90 Å². The molecular formula is C17H19BrN4O3. The summed E-state index contributed by atoms with van der Waals surface area (Å²) in [6, 6.07) is 2.50. The Morgan fingerprint density at radius 1 is 1.44 bits per heavy atom. The van der Waals surface area contributed by atoms with Crippen molar-refractivity contribution in [2.45, 2.75) is 19.0 Å². The molecule has 8 heteroatoms. The van der Waals surface area contributed by atoms with Crippen molar-refractivity contribution in [3.8, 4) is 0 Å². The van der Waals surface area contributed by atoms with Gasteiger partial charge in [0.15, 0.2) is 0 Å². The lowest BCUT2D eigenvalue weighted by Gasteiger charge is -2.24. The van der Waals surface area contributed by atoms with Gasteiger partial charge in [0.25, 0.3) is 5.56 Å². The topological polar surface area (TPSA) is 78.2 Å². The van der Waals surface area contributed by atoms with Gasteiger partial charge in [0, 0.05) is 48.1 Å². The first-order valence-corrected chi connectivity index (χ1v) is 9.09. The summed E-state index contributed by atoms with van der Waals surface area (Å²) in [5, 5.41) is 9.14. The van der Waals surface area contributed by atoms with Crippen molar-refractivity contribution in [3.63, 3.8) is 0 Å². The lowest BCUT2D eigenvalue weighted by molar-refractivity contribution is 0.0694. The monoisotopic (exact) mass is 406 g/mol. The summed E-state index contributed by atoms with van der Waals surface area (Å²) in [6.07, 6.45) is 3.93. The van der Waals surface area contributed by atoms with Gasteiger partial charge in [-0.3, -0.25) is 14.1 Å². The summed E-state index contributed by atoms with van der Waals surface area (Å²) in [5.41, 5.74) is 0.576. The molecule has 2 unspecified atom stereocenters. The lowest BCUT2D eigenvalue weighted by atomic mass is 10.1. The molecule has 4 rings (SSSR count). The summed E-state index contributed by atoms with van der Waals surface area (Å²) >= 11 is 3.43. The zero-order chi connectivity index (χ0) is 17.7. The normalized spacial score (nSPS) is 24.1. The minimum Gasteiger partial charge on any atom is -0.477 e. The highest BCUT2D eigenvalue weighted by atomic mass is 79.9. The second-order valence-corrected chi connectivity index (χ2v) is 7.88. The van der Waals surface area contributed by atoms with Gasteiger partial charge >= 0.3 is 5.97 Å². The average molecular weight is 407 g/mol. The molecule has 2 aromatic rings. The Kier molecular flexibility index (Phi) is 4.13. The first-order valence-electron chi connectivity index (χ1n) is 8.29. The van der Waals surface area contributed by atoms with E-state index in [0.717, 1.165) is 35.9 Å². The molecule has 0 bridgehead atoms. The van der Waals surface area contributed by atoms with E-state index in [1.807, 2.05) is 6.07 Å². The number of aromatic nitrogens is 2. The van der Waals surface area contributed by atoms with E-state index in [1.165, 1.54) is 10.8 Å². The number of likely N-dealkylation sites (N-methyl/N-ethyl adjacent to an activating group) is 1. The average Bonchev–Trinajstić information content (AvgIpc) is 3.08. The van der Waals surface area contributed by atoms with Gasteiger partial charge < -0.3 is 10.0 Å². The van der Waals surface area contributed by atoms with Gasteiger partial charge in [0.1, 0.15) is 11.2 Å². The van der Waals surface area contributed by atoms with Crippen LogP contribution in [0.4, 0.5) is 0 Å². The quantitative estimate of drug-likeness (QED) is 0.827. The van der Waals surface area contributed by atoms with Crippen LogP contribution in [-0.4, -0.2) is 63.0 Å². The van der Waals surface area contributed by atoms with E-state index in [1.54, 1.807) is 6.20 Å². The Bertz CT molecular complexity index is 913. The Morgan fingerprint density at radius 3 is 3.00 bits per heavy atom. The second-order valence-electron chi connectivity index (χ2n) is 6.97. The third-order valence-corrected chi connectivity index (χ3v) is 5.73. The fourth-order valence-corrected chi connectivity index (χ4v) is 4.64. The number of hydrogen-bond donors (Lipinski definition) is 1. The molecule has 2 atom stereocenters. The van der Waals surface area contributed by atoms with Crippen molar-refractivity contribution in [3.05, 3.63) is 44.4 Å². The van der Waals surface area contributed by atoms with Crippen LogP contribution in [0.2, 0.25) is 0 Å². The molecule has 2 aromatic heterocycles. The van der Waals surface area contributed by atoms with Crippen LogP contribution in [0.15, 0.2) is 27.7 Å². The number of carboxylic acids is 1. The molecule has 0 radical (unpaired) electrons. The van der Waals surface area contributed by atoms with Gasteiger partial charge in [-0.05, 0) is 47.9 Å². The van der Waals surface area contributed by atoms with Gasteiger partial charge in [0.2, 0.25) is 0 Å². The Morgan fingerprint density at radius 2 is 2.24 bits per heavy atom. The Labute approximate surface area is 153 Å². The van der Waals surface area contributed by atoms with Crippen molar-refractivity contribution in [1.29, 1.82) is 0 Å². The van der Waals surface area contributed by atoms with E-state index in [2.05, 4.69) is 37.8 Å². The number of fused-ring (bicyclic) bond motifs is 2. The van der Waals surface area contributed by atoms with Crippen molar-refractivity contribution in [2.24, 2.45) is 5.92 Å². The second kappa shape index (κ2) is 6.19. The maximum atomic E-state index is 12.4. The number of aromatic carboxylic acids is 1. The number of hydrogen-bond acceptors (Lipinski definition) is 5. The van der Waals surface area contributed by atoms with Gasteiger partial charge in [-0.1, -0.05) is 0 Å². The van der Waals surface area contributed by atoms with Crippen molar-refractivity contribution in [1.82, 2.24) is 19.2 Å². The molecule has 2 saturated heterocycles. The molecule has 0 aromatic carbocycles. The summed E-state index contributed by atoms with van der Waals surface area (Å²) in [4.78, 5) is 32.7. The predicted octanol–water partition coefficient (Wildman–Crippen LogP) is 1.29. The van der Waals surface area contributed by atoms with E-state index in [4.69, 9.17) is 5.11 Å². The lowest BCUT2D eigenvalue weighted by Crippen LogP contribution is -2.34. The standard InChI is InChI=1S/C17H19BrN4O3/c1-20-6-10-2-3-21(14(10)9-20)7-11-4-12(18)8-22-15(11)19-5-13(16(22)23)17(24)25/h4-5,8,10,14H,2-3,6-7,9H2,1H3,(H,24,25). The highest BCUT2D eigenvalue weighted by Gasteiger charge is 2.39. The third-order valence-electron chi connectivity index (χ3n) is 5.29. The largest absolute Gasteiger partial charge is 0.477 e. The Hall–Kier alpha value is -1.77. The molecule has 25 heavy (non-hydrogen) atoms. The van der Waals surface area contributed by atoms with Crippen LogP contribution >= 0.6 is 15.9 Å². The molecule has 2 aliphatic rings. The van der Waals surface area contributed by atoms with Crippen LogP contribution < -0.4 is 5.56 Å². The molecule has 0 saturated carbocycles. The van der Waals surface area contributed by atoms with Crippen LogP contribution in [0, 0.1) is 5.92 Å². The summed E-state index contributed by atoms with van der Waals surface area (Å²) in [7, 11) is 2.15. The fourth-order valence-electron chi connectivity index (χ4n) is 4.16. The number of likely N-dealkylation sites (tertiary alicyclic amines) is 2. The van der Waals surface area contributed by atoms with E-state index in [-0.39, 0.29) is 5.56 Å². The maximum Gasteiger partial charge on any atom is 0.342 e. The number of halogens is 1. The van der Waals surface area contributed by atoms with Gasteiger partial charge in [-0.2, -0.15) is 0 Å².